The first-order valence-electron chi connectivity index (χ1n) is 5.56. The minimum atomic E-state index is -0.307. The van der Waals surface area contributed by atoms with Crippen molar-refractivity contribution in [3.8, 4) is 0 Å². The highest BCUT2D eigenvalue weighted by Crippen LogP contribution is 2.26. The molecular formula is C13H12FNO2S2. The second-order valence-electron chi connectivity index (χ2n) is 3.70. The summed E-state index contributed by atoms with van der Waals surface area (Å²) in [4.78, 5) is 16.0. The van der Waals surface area contributed by atoms with Gasteiger partial charge in [-0.3, -0.25) is 4.79 Å². The third-order valence-corrected chi connectivity index (χ3v) is 4.48. The van der Waals surface area contributed by atoms with E-state index in [1.165, 1.54) is 36.3 Å². The molecule has 0 atom stereocenters. The highest BCUT2D eigenvalue weighted by molar-refractivity contribution is 7.98. The highest BCUT2D eigenvalue weighted by atomic mass is 32.2. The molecule has 1 heterocycles. The Bertz CT molecular complexity index is 571. The number of thioether (sulfide) groups is 1. The molecule has 0 bridgehead atoms. The van der Waals surface area contributed by atoms with Crippen LogP contribution in [0.3, 0.4) is 0 Å². The van der Waals surface area contributed by atoms with Crippen LogP contribution in [0.4, 0.5) is 4.39 Å². The predicted molar refractivity (Wildman–Crippen MR) is 73.8 cm³/mol. The van der Waals surface area contributed by atoms with E-state index in [0.29, 0.717) is 16.3 Å². The normalized spacial score (nSPS) is 10.4. The molecule has 6 heteroatoms. The number of thiazole rings is 1. The van der Waals surface area contributed by atoms with Gasteiger partial charge in [0.2, 0.25) is 0 Å². The molecular weight excluding hydrogens is 285 g/mol. The van der Waals surface area contributed by atoms with Gasteiger partial charge in [-0.15, -0.1) is 23.1 Å². The van der Waals surface area contributed by atoms with E-state index in [1.54, 1.807) is 18.2 Å². The third-order valence-electron chi connectivity index (χ3n) is 2.34. The van der Waals surface area contributed by atoms with E-state index >= 15 is 0 Å². The van der Waals surface area contributed by atoms with Gasteiger partial charge in [0, 0.05) is 10.3 Å². The molecule has 100 valence electrons. The first-order valence-corrected chi connectivity index (χ1v) is 7.43. The average Bonchev–Trinajstić information content (AvgIpc) is 2.85. The van der Waals surface area contributed by atoms with Gasteiger partial charge in [0.15, 0.2) is 0 Å². The fourth-order valence-corrected chi connectivity index (χ4v) is 3.17. The van der Waals surface area contributed by atoms with Crippen LogP contribution in [0.1, 0.15) is 10.7 Å². The monoisotopic (exact) mass is 297 g/mol. The Labute approximate surface area is 118 Å². The topological polar surface area (TPSA) is 39.2 Å². The summed E-state index contributed by atoms with van der Waals surface area (Å²) >= 11 is 2.86. The molecule has 0 fully saturated rings. The molecule has 0 saturated heterocycles. The lowest BCUT2D eigenvalue weighted by Crippen LogP contribution is -2.04. The number of esters is 1. The number of carbonyl (C=O) groups excluding carboxylic acids is 1. The van der Waals surface area contributed by atoms with E-state index in [9.17, 15) is 9.18 Å². The highest BCUT2D eigenvalue weighted by Gasteiger charge is 2.09. The summed E-state index contributed by atoms with van der Waals surface area (Å²) in [5.74, 6) is 0.0599. The first kappa shape index (κ1) is 14.0. The van der Waals surface area contributed by atoms with Gasteiger partial charge in [-0.1, -0.05) is 12.1 Å². The third kappa shape index (κ3) is 4.04. The van der Waals surface area contributed by atoms with Gasteiger partial charge in [0.25, 0.3) is 0 Å². The molecule has 0 N–H and O–H groups in total. The van der Waals surface area contributed by atoms with Gasteiger partial charge in [0.1, 0.15) is 10.8 Å². The Balaban J connectivity index is 1.94. The van der Waals surface area contributed by atoms with E-state index in [0.717, 1.165) is 5.01 Å². The maximum Gasteiger partial charge on any atom is 0.311 e. The molecule has 3 nitrogen and oxygen atoms in total. The minimum absolute atomic E-state index is 0.178. The van der Waals surface area contributed by atoms with Crippen molar-refractivity contribution in [2.45, 2.75) is 17.1 Å². The lowest BCUT2D eigenvalue weighted by atomic mass is 10.3. The summed E-state index contributed by atoms with van der Waals surface area (Å²) in [5.41, 5.74) is 0.695. The molecule has 0 saturated carbocycles. The van der Waals surface area contributed by atoms with E-state index in [-0.39, 0.29) is 18.2 Å². The van der Waals surface area contributed by atoms with Crippen LogP contribution >= 0.6 is 23.1 Å². The summed E-state index contributed by atoms with van der Waals surface area (Å²) in [5, 5.41) is 2.70. The first-order chi connectivity index (χ1) is 9.19. The van der Waals surface area contributed by atoms with Crippen molar-refractivity contribution in [2.24, 2.45) is 0 Å². The predicted octanol–water partition coefficient (Wildman–Crippen LogP) is 3.29. The molecule has 19 heavy (non-hydrogen) atoms. The number of nitrogens with zero attached hydrogens (tertiary/aromatic N) is 1. The summed E-state index contributed by atoms with van der Waals surface area (Å²) in [6.07, 6.45) is 0.178. The fourth-order valence-electron chi connectivity index (χ4n) is 1.42. The summed E-state index contributed by atoms with van der Waals surface area (Å²) in [6, 6.07) is 6.64. The fraction of sp³-hybridized carbons (Fsp3) is 0.231. The maximum absolute atomic E-state index is 13.4. The Morgan fingerprint density at radius 1 is 1.47 bits per heavy atom. The zero-order chi connectivity index (χ0) is 13.7. The molecule has 0 radical (unpaired) electrons. The van der Waals surface area contributed by atoms with Crippen LogP contribution in [0.15, 0.2) is 34.5 Å². The number of hydrogen-bond acceptors (Lipinski definition) is 5. The number of hydrogen-bond donors (Lipinski definition) is 0. The number of rotatable bonds is 5. The van der Waals surface area contributed by atoms with Gasteiger partial charge in [0.05, 0.1) is 25.0 Å². The van der Waals surface area contributed by atoms with Crippen molar-refractivity contribution < 1.29 is 13.9 Å². The minimum Gasteiger partial charge on any atom is -0.469 e. The van der Waals surface area contributed by atoms with Crippen LogP contribution in [-0.4, -0.2) is 18.1 Å². The van der Waals surface area contributed by atoms with E-state index < -0.39 is 0 Å². The van der Waals surface area contributed by atoms with Crippen LogP contribution in [0, 0.1) is 5.82 Å². The summed E-state index contributed by atoms with van der Waals surface area (Å²) < 4.78 is 18.0. The molecule has 1 aromatic carbocycles. The van der Waals surface area contributed by atoms with Crippen molar-refractivity contribution in [1.82, 2.24) is 4.98 Å². The SMILES string of the molecule is COC(=O)Cc1csc(CSc2ccccc2F)n1. The van der Waals surface area contributed by atoms with Gasteiger partial charge in [-0.2, -0.15) is 0 Å². The summed E-state index contributed by atoms with van der Waals surface area (Å²) in [6.45, 7) is 0. The van der Waals surface area contributed by atoms with Gasteiger partial charge in [-0.05, 0) is 12.1 Å². The quantitative estimate of drug-likeness (QED) is 0.627. The standard InChI is InChI=1S/C13H12FNO2S2/c1-17-13(16)6-9-7-19-12(15-9)8-18-11-5-3-2-4-10(11)14/h2-5,7H,6,8H2,1H3. The molecule has 0 aliphatic heterocycles. The van der Waals surface area contributed by atoms with Crippen molar-refractivity contribution in [1.29, 1.82) is 0 Å². The van der Waals surface area contributed by atoms with E-state index in [4.69, 9.17) is 0 Å². The van der Waals surface area contributed by atoms with Crippen LogP contribution in [0.25, 0.3) is 0 Å². The van der Waals surface area contributed by atoms with Crippen LogP contribution in [-0.2, 0) is 21.7 Å². The molecule has 1 aromatic heterocycles. The van der Waals surface area contributed by atoms with Crippen molar-refractivity contribution >= 4 is 29.1 Å². The number of halogens is 1. The number of ether oxygens (including phenoxy) is 1. The molecule has 0 unspecified atom stereocenters. The van der Waals surface area contributed by atoms with Crippen molar-refractivity contribution in [3.05, 3.63) is 46.2 Å². The molecule has 0 amide bonds. The lowest BCUT2D eigenvalue weighted by Gasteiger charge is -2.00. The van der Waals surface area contributed by atoms with Gasteiger partial charge >= 0.3 is 5.97 Å². The zero-order valence-electron chi connectivity index (χ0n) is 10.3. The van der Waals surface area contributed by atoms with E-state index in [2.05, 4.69) is 9.72 Å². The number of methoxy groups -OCH3 is 1. The smallest absolute Gasteiger partial charge is 0.311 e. The molecule has 0 aliphatic rings. The Hall–Kier alpha value is -1.40. The second kappa shape index (κ2) is 6.68. The number of carbonyl (C=O) groups is 1. The Morgan fingerprint density at radius 2 is 2.26 bits per heavy atom. The van der Waals surface area contributed by atoms with Crippen LogP contribution in [0.5, 0.6) is 0 Å². The number of benzene rings is 1. The molecule has 0 spiro atoms. The van der Waals surface area contributed by atoms with Crippen LogP contribution < -0.4 is 0 Å². The summed E-state index contributed by atoms with van der Waals surface area (Å²) in [7, 11) is 1.35. The zero-order valence-corrected chi connectivity index (χ0v) is 11.9. The maximum atomic E-state index is 13.4. The average molecular weight is 297 g/mol. The van der Waals surface area contributed by atoms with Gasteiger partial charge < -0.3 is 4.74 Å². The van der Waals surface area contributed by atoms with Crippen molar-refractivity contribution in [3.63, 3.8) is 0 Å². The molecule has 2 rings (SSSR count). The van der Waals surface area contributed by atoms with Crippen molar-refractivity contribution in [2.75, 3.05) is 7.11 Å². The Morgan fingerprint density at radius 3 is 3.00 bits per heavy atom. The number of aromatic nitrogens is 1. The molecule has 2 aromatic rings. The largest absolute Gasteiger partial charge is 0.469 e. The molecule has 0 aliphatic carbocycles. The lowest BCUT2D eigenvalue weighted by molar-refractivity contribution is -0.139. The van der Waals surface area contributed by atoms with Gasteiger partial charge in [-0.25, -0.2) is 9.37 Å². The Kier molecular flexibility index (Phi) is 4.93. The second-order valence-corrected chi connectivity index (χ2v) is 5.66. The van der Waals surface area contributed by atoms with Crippen LogP contribution in [0.2, 0.25) is 0 Å². The van der Waals surface area contributed by atoms with E-state index in [1.807, 2.05) is 5.38 Å².